The Morgan fingerprint density at radius 3 is 2.59 bits per heavy atom. The quantitative estimate of drug-likeness (QED) is 0.179. The molecule has 0 saturated heterocycles. The molecule has 3 heterocycles. The van der Waals surface area contributed by atoms with Crippen molar-refractivity contribution in [1.82, 2.24) is 25.0 Å². The number of nitrogens with one attached hydrogen (secondary N) is 2. The van der Waals surface area contributed by atoms with Crippen molar-refractivity contribution in [2.45, 2.75) is 58.3 Å². The Kier molecular flexibility index (Phi) is 6.72. The van der Waals surface area contributed by atoms with Gasteiger partial charge < -0.3 is 10.6 Å². The topological polar surface area (TPSA) is 104 Å². The van der Waals surface area contributed by atoms with E-state index >= 15 is 0 Å². The maximum atomic E-state index is 13.9. The SMILES string of the molecule is [2H]c1c([C@@H](Nc2cc(Cl)c3ncc(C#N)c(NCC(C)(C)C)c3c2)c2ccc(F)nc2C)nnn1C1(C(F)(F)F)CC1. The molecule has 41 heavy (non-hydrogen) atoms. The fourth-order valence-corrected chi connectivity index (χ4v) is 4.84. The molecule has 0 spiro atoms. The van der Waals surface area contributed by atoms with E-state index in [9.17, 15) is 22.8 Å². The summed E-state index contributed by atoms with van der Waals surface area (Å²) in [5.74, 6) is -0.739. The highest BCUT2D eigenvalue weighted by molar-refractivity contribution is 6.35. The molecule has 2 N–H and O–H groups in total. The lowest BCUT2D eigenvalue weighted by Crippen LogP contribution is -2.35. The summed E-state index contributed by atoms with van der Waals surface area (Å²) in [5.41, 5.74) is -0.245. The number of fused-ring (bicyclic) bond motifs is 1. The summed E-state index contributed by atoms with van der Waals surface area (Å²) in [6.45, 7) is 8.19. The average Bonchev–Trinajstić information content (AvgIpc) is 3.62. The number of benzene rings is 1. The van der Waals surface area contributed by atoms with E-state index in [1.807, 2.05) is 20.8 Å². The van der Waals surface area contributed by atoms with Crippen molar-refractivity contribution in [2.75, 3.05) is 17.2 Å². The van der Waals surface area contributed by atoms with Crippen molar-refractivity contribution in [3.05, 3.63) is 70.1 Å². The molecule has 0 bridgehead atoms. The van der Waals surface area contributed by atoms with E-state index in [1.165, 1.54) is 12.3 Å². The average molecular weight is 588 g/mol. The van der Waals surface area contributed by atoms with Gasteiger partial charge in [0.15, 0.2) is 5.54 Å². The number of nitrogens with zero attached hydrogens (tertiary/aromatic N) is 6. The van der Waals surface area contributed by atoms with Crippen molar-refractivity contribution >= 4 is 33.9 Å². The predicted octanol–water partition coefficient (Wildman–Crippen LogP) is 6.90. The van der Waals surface area contributed by atoms with Gasteiger partial charge in [0.1, 0.15) is 11.8 Å². The molecule has 0 aliphatic heterocycles. The molecular weight excluding hydrogens is 560 g/mol. The van der Waals surface area contributed by atoms with E-state index in [0.717, 1.165) is 6.07 Å². The largest absolute Gasteiger partial charge is 0.413 e. The number of halogens is 5. The normalized spacial score (nSPS) is 15.8. The summed E-state index contributed by atoms with van der Waals surface area (Å²) in [7, 11) is 0. The fraction of sp³-hybridized carbons (Fsp3) is 0.393. The molecule has 1 saturated carbocycles. The highest BCUT2D eigenvalue weighted by atomic mass is 35.5. The van der Waals surface area contributed by atoms with E-state index in [4.69, 9.17) is 13.0 Å². The second kappa shape index (κ2) is 10.1. The molecule has 13 heteroatoms. The smallest absolute Gasteiger partial charge is 0.383 e. The Bertz CT molecular complexity index is 1720. The lowest BCUT2D eigenvalue weighted by molar-refractivity contribution is -0.182. The van der Waals surface area contributed by atoms with Gasteiger partial charge in [-0.25, -0.2) is 9.67 Å². The van der Waals surface area contributed by atoms with Crippen LogP contribution in [-0.4, -0.2) is 37.7 Å². The first kappa shape index (κ1) is 27.2. The van der Waals surface area contributed by atoms with Gasteiger partial charge in [0, 0.05) is 35.1 Å². The molecule has 1 atom stereocenters. The summed E-state index contributed by atoms with van der Waals surface area (Å²) in [5, 5.41) is 24.8. The van der Waals surface area contributed by atoms with E-state index < -0.39 is 29.9 Å². The molecule has 0 amide bonds. The first-order valence-corrected chi connectivity index (χ1v) is 13.2. The van der Waals surface area contributed by atoms with Gasteiger partial charge in [-0.15, -0.1) is 5.10 Å². The van der Waals surface area contributed by atoms with Gasteiger partial charge in [-0.3, -0.25) is 4.98 Å². The van der Waals surface area contributed by atoms with Gasteiger partial charge in [0.25, 0.3) is 0 Å². The standard InChI is InChI=1S/C28H27ClF4N8/c1-15-18(5-6-22(30)37-15)25(21-13-41(40-39-21)27(7-8-27)28(31,32)33)38-17-9-19-23(36-14-26(2,3)4)16(11-34)12-35-24(19)20(29)10-17/h5-6,9-10,12-13,25,38H,7-8,14H2,1-4H3,(H,35,36)/t25-/m0/s1/i13D. The number of nitriles is 1. The van der Waals surface area contributed by atoms with Crippen LogP contribution in [0.2, 0.25) is 5.02 Å². The minimum absolute atomic E-state index is 0.103. The van der Waals surface area contributed by atoms with Gasteiger partial charge >= 0.3 is 6.18 Å². The summed E-state index contributed by atoms with van der Waals surface area (Å²) < 4.78 is 64.9. The molecule has 3 aromatic heterocycles. The number of pyridine rings is 2. The summed E-state index contributed by atoms with van der Waals surface area (Å²) in [6, 6.07) is 6.91. The second-order valence-electron chi connectivity index (χ2n) is 11.3. The lowest BCUT2D eigenvalue weighted by atomic mass is 9.96. The molecule has 0 radical (unpaired) electrons. The molecule has 4 aromatic rings. The van der Waals surface area contributed by atoms with Gasteiger partial charge in [0.05, 0.1) is 35.4 Å². The van der Waals surface area contributed by atoms with Crippen LogP contribution in [0.1, 0.15) is 63.5 Å². The third-order valence-corrected chi connectivity index (χ3v) is 7.24. The van der Waals surface area contributed by atoms with Crippen LogP contribution in [0.3, 0.4) is 0 Å². The maximum Gasteiger partial charge on any atom is 0.413 e. The number of anilines is 2. The van der Waals surface area contributed by atoms with E-state index in [2.05, 4.69) is 37.0 Å². The third kappa shape index (κ3) is 5.51. The fourth-order valence-electron chi connectivity index (χ4n) is 4.57. The number of rotatable bonds is 7. The number of aromatic nitrogens is 5. The molecular formula is C28H27ClF4N8. The highest BCUT2D eigenvalue weighted by Gasteiger charge is 2.66. The van der Waals surface area contributed by atoms with Crippen LogP contribution in [0, 0.1) is 29.6 Å². The Balaban J connectivity index is 1.64. The molecule has 8 nitrogen and oxygen atoms in total. The minimum Gasteiger partial charge on any atom is -0.383 e. The first-order valence-electron chi connectivity index (χ1n) is 13.3. The van der Waals surface area contributed by atoms with Crippen molar-refractivity contribution < 1.29 is 18.9 Å². The van der Waals surface area contributed by atoms with E-state index in [-0.39, 0.29) is 34.7 Å². The van der Waals surface area contributed by atoms with Crippen molar-refractivity contribution in [3.63, 3.8) is 0 Å². The number of alkyl halides is 3. The molecule has 1 aliphatic carbocycles. The molecule has 1 fully saturated rings. The second-order valence-corrected chi connectivity index (χ2v) is 11.7. The van der Waals surface area contributed by atoms with Gasteiger partial charge in [0.2, 0.25) is 5.95 Å². The van der Waals surface area contributed by atoms with Crippen LogP contribution < -0.4 is 10.6 Å². The Hall–Kier alpha value is -3.98. The zero-order valence-electron chi connectivity index (χ0n) is 23.7. The van der Waals surface area contributed by atoms with Crippen LogP contribution in [-0.2, 0) is 5.54 Å². The maximum absolute atomic E-state index is 13.9. The van der Waals surface area contributed by atoms with Crippen molar-refractivity contribution in [3.8, 4) is 6.07 Å². The van der Waals surface area contributed by atoms with E-state index in [1.54, 1.807) is 19.1 Å². The third-order valence-electron chi connectivity index (χ3n) is 6.95. The minimum atomic E-state index is -4.61. The van der Waals surface area contributed by atoms with Crippen molar-refractivity contribution in [1.29, 1.82) is 5.26 Å². The van der Waals surface area contributed by atoms with E-state index in [0.29, 0.717) is 44.6 Å². The summed E-state index contributed by atoms with van der Waals surface area (Å²) in [6.07, 6.45) is -4.13. The molecule has 5 rings (SSSR count). The van der Waals surface area contributed by atoms with Crippen LogP contribution in [0.4, 0.5) is 28.9 Å². The van der Waals surface area contributed by atoms with Gasteiger partial charge in [-0.1, -0.05) is 43.7 Å². The highest BCUT2D eigenvalue weighted by Crippen LogP contribution is 2.55. The Morgan fingerprint density at radius 2 is 1.98 bits per heavy atom. The van der Waals surface area contributed by atoms with Crippen LogP contribution in [0.15, 0.2) is 36.6 Å². The van der Waals surface area contributed by atoms with Gasteiger partial charge in [-0.05, 0) is 43.4 Å². The molecule has 1 aliphatic rings. The van der Waals surface area contributed by atoms with Crippen LogP contribution in [0.25, 0.3) is 10.9 Å². The lowest BCUT2D eigenvalue weighted by Gasteiger charge is -2.23. The first-order chi connectivity index (χ1) is 19.6. The van der Waals surface area contributed by atoms with Crippen LogP contribution >= 0.6 is 11.6 Å². The van der Waals surface area contributed by atoms with Crippen molar-refractivity contribution in [2.24, 2.45) is 5.41 Å². The molecule has 214 valence electrons. The van der Waals surface area contributed by atoms with Crippen LogP contribution in [0.5, 0.6) is 0 Å². The zero-order valence-corrected chi connectivity index (χ0v) is 23.4. The Morgan fingerprint density at radius 1 is 1.24 bits per heavy atom. The summed E-state index contributed by atoms with van der Waals surface area (Å²) in [4.78, 5) is 8.22. The molecule has 1 aromatic carbocycles. The monoisotopic (exact) mass is 587 g/mol. The Labute approximate surface area is 240 Å². The number of aryl methyl sites for hydroxylation is 1. The zero-order chi connectivity index (χ0) is 30.6. The van der Waals surface area contributed by atoms with Gasteiger partial charge in [-0.2, -0.15) is 22.8 Å². The molecule has 0 unspecified atom stereocenters. The summed E-state index contributed by atoms with van der Waals surface area (Å²) >= 11 is 6.63. The number of hydrogen-bond acceptors (Lipinski definition) is 7. The number of hydrogen-bond donors (Lipinski definition) is 2. The predicted molar refractivity (Wildman–Crippen MR) is 147 cm³/mol.